The summed E-state index contributed by atoms with van der Waals surface area (Å²) < 4.78 is 5.26. The Kier molecular flexibility index (Phi) is 2.77. The maximum Gasteiger partial charge on any atom is 0.232 e. The number of carbonyl (C=O) groups is 1. The van der Waals surface area contributed by atoms with Crippen LogP contribution < -0.4 is 0 Å². The second-order valence-electron chi connectivity index (χ2n) is 4.80. The Hall–Kier alpha value is -2.24. The van der Waals surface area contributed by atoms with Crippen molar-refractivity contribution in [2.45, 2.75) is 19.3 Å². The largest absolute Gasteiger partial charge is 0.345 e. The molecular formula is C13H14N4O2. The van der Waals surface area contributed by atoms with Crippen LogP contribution in [0.15, 0.2) is 22.7 Å². The molecule has 1 aliphatic rings. The third-order valence-corrected chi connectivity index (χ3v) is 3.25. The highest BCUT2D eigenvalue weighted by Crippen LogP contribution is 2.27. The molecule has 0 radical (unpaired) electrons. The summed E-state index contributed by atoms with van der Waals surface area (Å²) in [5.74, 6) is 1.08. The van der Waals surface area contributed by atoms with Crippen LogP contribution in [-0.2, 0) is 4.79 Å². The Morgan fingerprint density at radius 1 is 1.37 bits per heavy atom. The van der Waals surface area contributed by atoms with Crippen LogP contribution >= 0.6 is 0 Å². The number of nitrogens with zero attached hydrogens (tertiary/aromatic N) is 4. The number of hydrogen-bond acceptors (Lipinski definition) is 5. The quantitative estimate of drug-likeness (QED) is 0.813. The summed E-state index contributed by atoms with van der Waals surface area (Å²) in [7, 11) is 1.78. The summed E-state index contributed by atoms with van der Waals surface area (Å²) in [6.45, 7) is 2.54. The number of carbonyl (C=O) groups excluding carboxylic acids is 1. The van der Waals surface area contributed by atoms with Gasteiger partial charge in [0.05, 0.1) is 5.92 Å². The van der Waals surface area contributed by atoms with Gasteiger partial charge >= 0.3 is 0 Å². The molecule has 0 aliphatic carbocycles. The SMILES string of the molecule is Cc1cccc(-c2noc(C3CC(=O)N(C)C3)n2)n1. The Morgan fingerprint density at radius 3 is 2.89 bits per heavy atom. The molecule has 2 aromatic heterocycles. The Bertz CT molecular complexity index is 623. The van der Waals surface area contributed by atoms with E-state index < -0.39 is 0 Å². The van der Waals surface area contributed by atoms with Gasteiger partial charge in [0.1, 0.15) is 5.69 Å². The van der Waals surface area contributed by atoms with E-state index in [-0.39, 0.29) is 11.8 Å². The molecule has 3 rings (SSSR count). The van der Waals surface area contributed by atoms with Crippen molar-refractivity contribution in [1.29, 1.82) is 0 Å². The topological polar surface area (TPSA) is 72.1 Å². The van der Waals surface area contributed by atoms with Crippen molar-refractivity contribution in [2.24, 2.45) is 0 Å². The number of pyridine rings is 1. The number of hydrogen-bond donors (Lipinski definition) is 0. The Labute approximate surface area is 110 Å². The molecule has 1 atom stereocenters. The molecule has 6 nitrogen and oxygen atoms in total. The summed E-state index contributed by atoms with van der Waals surface area (Å²) in [5, 5.41) is 3.94. The summed E-state index contributed by atoms with van der Waals surface area (Å²) in [5.41, 5.74) is 1.59. The van der Waals surface area contributed by atoms with E-state index >= 15 is 0 Å². The minimum atomic E-state index is -0.0106. The fraction of sp³-hybridized carbons (Fsp3) is 0.385. The van der Waals surface area contributed by atoms with Crippen molar-refractivity contribution in [1.82, 2.24) is 20.0 Å². The van der Waals surface area contributed by atoms with E-state index in [9.17, 15) is 4.79 Å². The molecule has 0 aromatic carbocycles. The van der Waals surface area contributed by atoms with Crippen LogP contribution in [0.2, 0.25) is 0 Å². The molecule has 0 bridgehead atoms. The van der Waals surface area contributed by atoms with E-state index in [0.29, 0.717) is 30.4 Å². The van der Waals surface area contributed by atoms with Gasteiger partial charge in [-0.15, -0.1) is 0 Å². The fourth-order valence-corrected chi connectivity index (χ4v) is 2.20. The van der Waals surface area contributed by atoms with Crippen molar-refractivity contribution in [3.63, 3.8) is 0 Å². The lowest BCUT2D eigenvalue weighted by atomic mass is 10.1. The highest BCUT2D eigenvalue weighted by Gasteiger charge is 2.32. The average Bonchev–Trinajstić information content (AvgIpc) is 2.97. The first-order valence-electron chi connectivity index (χ1n) is 6.15. The summed E-state index contributed by atoms with van der Waals surface area (Å²) in [6.07, 6.45) is 0.430. The lowest BCUT2D eigenvalue weighted by Gasteiger charge is -2.05. The zero-order valence-electron chi connectivity index (χ0n) is 10.8. The van der Waals surface area contributed by atoms with Gasteiger partial charge in [-0.25, -0.2) is 4.98 Å². The second-order valence-corrected chi connectivity index (χ2v) is 4.80. The zero-order chi connectivity index (χ0) is 13.4. The first-order chi connectivity index (χ1) is 9.13. The molecule has 1 aliphatic heterocycles. The minimum absolute atomic E-state index is 0.0106. The molecule has 1 amide bonds. The molecule has 1 fully saturated rings. The summed E-state index contributed by atoms with van der Waals surface area (Å²) >= 11 is 0. The van der Waals surface area contributed by atoms with E-state index in [1.54, 1.807) is 11.9 Å². The Morgan fingerprint density at radius 2 is 2.21 bits per heavy atom. The monoisotopic (exact) mass is 258 g/mol. The van der Waals surface area contributed by atoms with Crippen LogP contribution in [0.4, 0.5) is 0 Å². The maximum atomic E-state index is 11.5. The normalized spacial score (nSPS) is 19.2. The highest BCUT2D eigenvalue weighted by molar-refractivity contribution is 5.79. The zero-order valence-corrected chi connectivity index (χ0v) is 10.8. The molecule has 98 valence electrons. The fourth-order valence-electron chi connectivity index (χ4n) is 2.20. The van der Waals surface area contributed by atoms with Crippen molar-refractivity contribution in [3.8, 4) is 11.5 Å². The van der Waals surface area contributed by atoms with Crippen LogP contribution in [0.3, 0.4) is 0 Å². The van der Waals surface area contributed by atoms with Gasteiger partial charge in [0, 0.05) is 25.7 Å². The molecule has 2 aromatic rings. The van der Waals surface area contributed by atoms with Crippen LogP contribution in [0.1, 0.15) is 23.9 Å². The van der Waals surface area contributed by atoms with Gasteiger partial charge in [0.2, 0.25) is 17.6 Å². The number of likely N-dealkylation sites (N-methyl/N-ethyl adjacent to an activating group) is 1. The van der Waals surface area contributed by atoms with Crippen LogP contribution in [0, 0.1) is 6.92 Å². The third-order valence-electron chi connectivity index (χ3n) is 3.25. The van der Waals surface area contributed by atoms with Gasteiger partial charge in [-0.1, -0.05) is 11.2 Å². The molecule has 1 saturated heterocycles. The van der Waals surface area contributed by atoms with Crippen molar-refractivity contribution < 1.29 is 9.32 Å². The minimum Gasteiger partial charge on any atom is -0.345 e. The summed E-state index contributed by atoms with van der Waals surface area (Å²) in [6, 6.07) is 5.66. The lowest BCUT2D eigenvalue weighted by molar-refractivity contribution is -0.126. The van der Waals surface area contributed by atoms with Crippen LogP contribution in [0.25, 0.3) is 11.5 Å². The predicted molar refractivity (Wildman–Crippen MR) is 67.3 cm³/mol. The van der Waals surface area contributed by atoms with Crippen molar-refractivity contribution in [2.75, 3.05) is 13.6 Å². The first-order valence-corrected chi connectivity index (χ1v) is 6.15. The molecule has 0 spiro atoms. The van der Waals surface area contributed by atoms with E-state index in [0.717, 1.165) is 5.69 Å². The number of aromatic nitrogens is 3. The van der Waals surface area contributed by atoms with Gasteiger partial charge in [0.25, 0.3) is 0 Å². The Balaban J connectivity index is 1.86. The molecule has 1 unspecified atom stereocenters. The number of aryl methyl sites for hydroxylation is 1. The molecule has 0 N–H and O–H groups in total. The lowest BCUT2D eigenvalue weighted by Crippen LogP contribution is -2.18. The van der Waals surface area contributed by atoms with Crippen LogP contribution in [0.5, 0.6) is 0 Å². The second kappa shape index (κ2) is 4.46. The highest BCUT2D eigenvalue weighted by atomic mass is 16.5. The maximum absolute atomic E-state index is 11.5. The van der Waals surface area contributed by atoms with E-state index in [4.69, 9.17) is 4.52 Å². The number of amides is 1. The number of rotatable bonds is 2. The summed E-state index contributed by atoms with van der Waals surface area (Å²) in [4.78, 5) is 21.9. The van der Waals surface area contributed by atoms with E-state index in [2.05, 4.69) is 15.1 Å². The molecule has 19 heavy (non-hydrogen) atoms. The van der Waals surface area contributed by atoms with Crippen LogP contribution in [-0.4, -0.2) is 39.5 Å². The molecule has 6 heteroatoms. The van der Waals surface area contributed by atoms with Crippen molar-refractivity contribution >= 4 is 5.91 Å². The molecule has 3 heterocycles. The predicted octanol–water partition coefficient (Wildman–Crippen LogP) is 1.39. The molecule has 0 saturated carbocycles. The smallest absolute Gasteiger partial charge is 0.232 e. The molecular weight excluding hydrogens is 244 g/mol. The van der Waals surface area contributed by atoms with Gasteiger partial charge in [-0.05, 0) is 19.1 Å². The average molecular weight is 258 g/mol. The first kappa shape index (κ1) is 11.8. The van der Waals surface area contributed by atoms with Crippen molar-refractivity contribution in [3.05, 3.63) is 29.8 Å². The third kappa shape index (κ3) is 2.21. The van der Waals surface area contributed by atoms with Gasteiger partial charge in [-0.2, -0.15) is 4.98 Å². The van der Waals surface area contributed by atoms with Gasteiger partial charge < -0.3 is 9.42 Å². The van der Waals surface area contributed by atoms with Gasteiger partial charge in [0.15, 0.2) is 0 Å². The van der Waals surface area contributed by atoms with E-state index in [1.165, 1.54) is 0 Å². The standard InChI is InChI=1S/C13H14N4O2/c1-8-4-3-5-10(14-8)12-15-13(19-16-12)9-6-11(18)17(2)7-9/h3-5,9H,6-7H2,1-2H3. The van der Waals surface area contributed by atoms with Gasteiger partial charge in [-0.3, -0.25) is 4.79 Å². The number of likely N-dealkylation sites (tertiary alicyclic amines) is 1. The van der Waals surface area contributed by atoms with E-state index in [1.807, 2.05) is 25.1 Å².